The predicted octanol–water partition coefficient (Wildman–Crippen LogP) is 3.31. The predicted molar refractivity (Wildman–Crippen MR) is 116 cm³/mol. The van der Waals surface area contributed by atoms with Gasteiger partial charge in [0.25, 0.3) is 5.91 Å². The standard InChI is InChI=1S/C20H17BrN2O5S/c1-27-17-9-12(14(21)10-16(17)24)8-15-19(26)23(13-6-4-3-5-7-13)20(29)22(15)11-18(25)28-2/h3-10,24H,11H2,1-2H3. The summed E-state index contributed by atoms with van der Waals surface area (Å²) in [4.78, 5) is 27.9. The van der Waals surface area contributed by atoms with E-state index < -0.39 is 5.97 Å². The van der Waals surface area contributed by atoms with E-state index in [9.17, 15) is 14.7 Å². The van der Waals surface area contributed by atoms with Crippen molar-refractivity contribution in [1.82, 2.24) is 4.90 Å². The molecule has 0 radical (unpaired) electrons. The van der Waals surface area contributed by atoms with Gasteiger partial charge >= 0.3 is 5.97 Å². The molecule has 1 fully saturated rings. The largest absolute Gasteiger partial charge is 0.504 e. The Bertz CT molecular complexity index is 1010. The molecule has 0 aromatic heterocycles. The van der Waals surface area contributed by atoms with E-state index in [4.69, 9.17) is 21.7 Å². The van der Waals surface area contributed by atoms with Gasteiger partial charge in [-0.1, -0.05) is 34.1 Å². The highest BCUT2D eigenvalue weighted by Crippen LogP contribution is 2.35. The Kier molecular flexibility index (Phi) is 6.19. The minimum absolute atomic E-state index is 0.0490. The van der Waals surface area contributed by atoms with Crippen LogP contribution in [0.2, 0.25) is 0 Å². The molecule has 7 nitrogen and oxygen atoms in total. The third kappa shape index (κ3) is 4.10. The minimum atomic E-state index is -0.539. The number of aromatic hydroxyl groups is 1. The molecule has 9 heteroatoms. The number of anilines is 1. The number of methoxy groups -OCH3 is 2. The van der Waals surface area contributed by atoms with Crippen LogP contribution in [0.4, 0.5) is 5.69 Å². The first-order chi connectivity index (χ1) is 13.9. The summed E-state index contributed by atoms with van der Waals surface area (Å²) in [5.74, 6) is -0.730. The van der Waals surface area contributed by atoms with Crippen LogP contribution in [0.15, 0.2) is 52.6 Å². The summed E-state index contributed by atoms with van der Waals surface area (Å²) in [6, 6.07) is 12.0. The quantitative estimate of drug-likeness (QED) is 0.402. The van der Waals surface area contributed by atoms with Crippen molar-refractivity contribution in [3.63, 3.8) is 0 Å². The van der Waals surface area contributed by atoms with E-state index in [0.717, 1.165) is 0 Å². The zero-order valence-electron chi connectivity index (χ0n) is 15.6. The van der Waals surface area contributed by atoms with Crippen molar-refractivity contribution >= 4 is 56.9 Å². The molecule has 0 bridgehead atoms. The van der Waals surface area contributed by atoms with Crippen molar-refractivity contribution < 1.29 is 24.2 Å². The fourth-order valence-corrected chi connectivity index (χ4v) is 3.61. The van der Waals surface area contributed by atoms with Crippen LogP contribution >= 0.6 is 28.1 Å². The molecule has 3 rings (SSSR count). The summed E-state index contributed by atoms with van der Waals surface area (Å²) in [7, 11) is 2.69. The van der Waals surface area contributed by atoms with Crippen LogP contribution in [0, 0.1) is 0 Å². The lowest BCUT2D eigenvalue weighted by molar-refractivity contribution is -0.140. The Hall–Kier alpha value is -2.91. The number of amides is 1. The molecule has 1 amide bonds. The van der Waals surface area contributed by atoms with Gasteiger partial charge in [0.05, 0.1) is 19.9 Å². The normalized spacial score (nSPS) is 15.2. The van der Waals surface area contributed by atoms with Gasteiger partial charge in [-0.15, -0.1) is 0 Å². The summed E-state index contributed by atoms with van der Waals surface area (Å²) in [5, 5.41) is 10.1. The van der Waals surface area contributed by atoms with E-state index in [1.807, 2.05) is 6.07 Å². The van der Waals surface area contributed by atoms with E-state index in [0.29, 0.717) is 15.7 Å². The molecule has 2 aromatic carbocycles. The fraction of sp³-hybridized carbons (Fsp3) is 0.150. The van der Waals surface area contributed by atoms with Gasteiger partial charge < -0.3 is 19.5 Å². The second kappa shape index (κ2) is 8.62. The van der Waals surface area contributed by atoms with Crippen LogP contribution in [0.5, 0.6) is 11.5 Å². The highest BCUT2D eigenvalue weighted by Gasteiger charge is 2.40. The average Bonchev–Trinajstić information content (AvgIpc) is 2.94. The number of carbonyl (C=O) groups is 2. The first-order valence-corrected chi connectivity index (χ1v) is 9.63. The van der Waals surface area contributed by atoms with Crippen LogP contribution < -0.4 is 9.64 Å². The Labute approximate surface area is 181 Å². The maximum absolute atomic E-state index is 13.2. The fourth-order valence-electron chi connectivity index (χ4n) is 2.81. The van der Waals surface area contributed by atoms with Crippen molar-refractivity contribution in [3.05, 3.63) is 58.2 Å². The number of phenolic OH excluding ortho intramolecular Hbond substituents is 1. The zero-order valence-corrected chi connectivity index (χ0v) is 18.0. The number of halogens is 1. The Morgan fingerprint density at radius 1 is 1.24 bits per heavy atom. The van der Waals surface area contributed by atoms with Gasteiger partial charge in [-0.25, -0.2) is 0 Å². The number of carbonyl (C=O) groups excluding carboxylic acids is 2. The SMILES string of the molecule is COC(=O)CN1C(=S)N(c2ccccc2)C(=O)C1=Cc1cc(OC)c(O)cc1Br. The van der Waals surface area contributed by atoms with Crippen molar-refractivity contribution in [1.29, 1.82) is 0 Å². The average molecular weight is 477 g/mol. The van der Waals surface area contributed by atoms with E-state index >= 15 is 0 Å². The molecule has 1 aliphatic heterocycles. The molecule has 2 aromatic rings. The number of para-hydroxylation sites is 1. The number of esters is 1. The monoisotopic (exact) mass is 476 g/mol. The molecule has 0 saturated carbocycles. The Morgan fingerprint density at radius 2 is 1.93 bits per heavy atom. The van der Waals surface area contributed by atoms with Crippen molar-refractivity contribution in [2.24, 2.45) is 0 Å². The van der Waals surface area contributed by atoms with E-state index in [1.54, 1.807) is 36.4 Å². The molecule has 0 unspecified atom stereocenters. The van der Waals surface area contributed by atoms with Gasteiger partial charge in [0, 0.05) is 4.47 Å². The van der Waals surface area contributed by atoms with Crippen LogP contribution in [0.3, 0.4) is 0 Å². The van der Waals surface area contributed by atoms with Crippen molar-refractivity contribution in [3.8, 4) is 11.5 Å². The van der Waals surface area contributed by atoms with Gasteiger partial charge in [-0.3, -0.25) is 14.5 Å². The number of hydrogen-bond acceptors (Lipinski definition) is 6. The maximum Gasteiger partial charge on any atom is 0.325 e. The molecule has 150 valence electrons. The number of hydrogen-bond donors (Lipinski definition) is 1. The third-order valence-electron chi connectivity index (χ3n) is 4.25. The lowest BCUT2D eigenvalue weighted by Gasteiger charge is -2.19. The topological polar surface area (TPSA) is 79.3 Å². The molecular weight excluding hydrogens is 460 g/mol. The number of phenols is 1. The second-order valence-corrected chi connectivity index (χ2v) is 7.22. The molecule has 1 heterocycles. The number of ether oxygens (including phenoxy) is 2. The highest BCUT2D eigenvalue weighted by molar-refractivity contribution is 9.10. The third-order valence-corrected chi connectivity index (χ3v) is 5.34. The van der Waals surface area contributed by atoms with E-state index in [2.05, 4.69) is 15.9 Å². The van der Waals surface area contributed by atoms with E-state index in [-0.39, 0.29) is 34.8 Å². The van der Waals surface area contributed by atoms with Crippen molar-refractivity contribution in [2.75, 3.05) is 25.7 Å². The smallest absolute Gasteiger partial charge is 0.325 e. The highest BCUT2D eigenvalue weighted by atomic mass is 79.9. The first-order valence-electron chi connectivity index (χ1n) is 8.43. The summed E-state index contributed by atoms with van der Waals surface area (Å²) in [6.07, 6.45) is 1.58. The van der Waals surface area contributed by atoms with Gasteiger partial charge in [0.15, 0.2) is 16.6 Å². The van der Waals surface area contributed by atoms with Crippen LogP contribution in [-0.4, -0.2) is 47.8 Å². The number of nitrogens with zero attached hydrogens (tertiary/aromatic N) is 2. The number of thiocarbonyl (C=S) groups is 1. The van der Waals surface area contributed by atoms with Gasteiger partial charge in [-0.2, -0.15) is 0 Å². The minimum Gasteiger partial charge on any atom is -0.504 e. The summed E-state index contributed by atoms with van der Waals surface area (Å²) >= 11 is 8.86. The molecular formula is C20H17BrN2O5S. The second-order valence-electron chi connectivity index (χ2n) is 6.00. The van der Waals surface area contributed by atoms with Crippen LogP contribution in [-0.2, 0) is 14.3 Å². The molecule has 0 spiro atoms. The zero-order chi connectivity index (χ0) is 21.1. The molecule has 29 heavy (non-hydrogen) atoms. The molecule has 0 atom stereocenters. The molecule has 1 saturated heterocycles. The molecule has 0 aliphatic carbocycles. The lowest BCUT2D eigenvalue weighted by atomic mass is 10.1. The Morgan fingerprint density at radius 3 is 2.55 bits per heavy atom. The molecule has 1 N–H and O–H groups in total. The Balaban J connectivity index is 2.11. The van der Waals surface area contributed by atoms with Gasteiger partial charge in [-0.05, 0) is 48.1 Å². The van der Waals surface area contributed by atoms with Crippen LogP contribution in [0.1, 0.15) is 5.56 Å². The summed E-state index contributed by atoms with van der Waals surface area (Å²) in [6.45, 7) is -0.219. The van der Waals surface area contributed by atoms with Crippen molar-refractivity contribution in [2.45, 2.75) is 0 Å². The maximum atomic E-state index is 13.2. The molecule has 1 aliphatic rings. The summed E-state index contributed by atoms with van der Waals surface area (Å²) < 4.78 is 10.4. The van der Waals surface area contributed by atoms with Crippen LogP contribution in [0.25, 0.3) is 6.08 Å². The van der Waals surface area contributed by atoms with Gasteiger partial charge in [0.2, 0.25) is 0 Å². The number of benzene rings is 2. The lowest BCUT2D eigenvalue weighted by Crippen LogP contribution is -2.35. The van der Waals surface area contributed by atoms with Gasteiger partial charge in [0.1, 0.15) is 12.2 Å². The summed E-state index contributed by atoms with van der Waals surface area (Å²) in [5.41, 5.74) is 1.34. The van der Waals surface area contributed by atoms with E-state index in [1.165, 1.54) is 30.1 Å². The number of rotatable bonds is 5. The first kappa shape index (κ1) is 20.8.